The molecule has 0 radical (unpaired) electrons. The number of benzene rings is 7. The summed E-state index contributed by atoms with van der Waals surface area (Å²) in [4.78, 5) is 2.28. The zero-order valence-corrected chi connectivity index (χ0v) is 34.8. The van der Waals surface area contributed by atoms with Crippen LogP contribution in [0.5, 0.6) is 0 Å². The number of rotatable bonds is 10. The molecule has 0 atom stereocenters. The van der Waals surface area contributed by atoms with Crippen LogP contribution in [0.15, 0.2) is 194 Å². The van der Waals surface area contributed by atoms with E-state index in [1.165, 1.54) is 33.4 Å². The molecule has 0 aliphatic heterocycles. The van der Waals surface area contributed by atoms with Crippen molar-refractivity contribution in [3.8, 4) is 0 Å². The molecule has 0 aliphatic carbocycles. The molecule has 1 nitrogen and oxygen atoms in total. The molecule has 0 N–H and O–H groups in total. The van der Waals surface area contributed by atoms with Gasteiger partial charge in [0.25, 0.3) is 0 Å². The van der Waals surface area contributed by atoms with Gasteiger partial charge in [0.05, 0.1) is 0 Å². The van der Waals surface area contributed by atoms with E-state index in [4.69, 9.17) is 0 Å². The van der Waals surface area contributed by atoms with E-state index in [2.05, 4.69) is 223 Å². The Balaban J connectivity index is 0.000000989. The van der Waals surface area contributed by atoms with Gasteiger partial charge in [-0.2, -0.15) is 0 Å². The third-order valence-electron chi connectivity index (χ3n) is 8.59. The number of para-hydroxylation sites is 2. The topological polar surface area (TPSA) is 3.24 Å². The minimum Gasteiger partial charge on any atom is -0.311 e. The molecule has 7 aromatic carbocycles. The molecule has 0 heterocycles. The van der Waals surface area contributed by atoms with Crippen molar-refractivity contribution in [2.75, 3.05) is 4.90 Å². The van der Waals surface area contributed by atoms with Crippen molar-refractivity contribution in [1.82, 2.24) is 0 Å². The molecule has 0 bridgehead atoms. The molecule has 0 fully saturated rings. The van der Waals surface area contributed by atoms with Crippen LogP contribution in [0.4, 0.5) is 17.1 Å². The highest BCUT2D eigenvalue weighted by Crippen LogP contribution is 2.35. The predicted molar refractivity (Wildman–Crippen MR) is 251 cm³/mol. The van der Waals surface area contributed by atoms with E-state index in [0.29, 0.717) is 0 Å². The van der Waals surface area contributed by atoms with Gasteiger partial charge in [0, 0.05) is 23.0 Å². The lowest BCUT2D eigenvalue weighted by Crippen LogP contribution is -2.09. The summed E-state index contributed by atoms with van der Waals surface area (Å²) >= 11 is 0. The molecule has 0 spiro atoms. The van der Waals surface area contributed by atoms with E-state index in [0.717, 1.165) is 22.6 Å². The van der Waals surface area contributed by atoms with Crippen molar-refractivity contribution in [3.63, 3.8) is 0 Å². The van der Waals surface area contributed by atoms with E-state index < -0.39 is 0 Å². The Morgan fingerprint density at radius 2 is 0.500 bits per heavy atom. The average molecular weight is 736 g/mol. The first kappa shape index (κ1) is 44.2. The molecule has 286 valence electrons. The smallest absolute Gasteiger partial charge is 0.0462 e. The van der Waals surface area contributed by atoms with E-state index in [-0.39, 0.29) is 5.92 Å². The third kappa shape index (κ3) is 13.0. The van der Waals surface area contributed by atoms with Gasteiger partial charge in [-0.05, 0) is 75.3 Å². The fraction of sp³-hybridized carbons (Fsp3) is 0.164. The van der Waals surface area contributed by atoms with Gasteiger partial charge in [0.2, 0.25) is 0 Å². The first-order valence-corrected chi connectivity index (χ1v) is 20.5. The Labute approximate surface area is 339 Å². The summed E-state index contributed by atoms with van der Waals surface area (Å²) in [5.41, 5.74) is 12.0. The van der Waals surface area contributed by atoms with Crippen molar-refractivity contribution in [1.29, 1.82) is 0 Å². The van der Waals surface area contributed by atoms with Crippen LogP contribution < -0.4 is 4.90 Å². The van der Waals surface area contributed by atoms with Crippen molar-refractivity contribution in [3.05, 3.63) is 233 Å². The number of nitrogens with zero attached hydrogens (tertiary/aromatic N) is 1. The molecular formula is C55H61N. The summed E-state index contributed by atoms with van der Waals surface area (Å²) in [5.74, 6) is 0.210. The lowest BCUT2D eigenvalue weighted by Gasteiger charge is -2.25. The molecule has 0 saturated carbocycles. The molecule has 0 unspecified atom stereocenters. The van der Waals surface area contributed by atoms with Crippen molar-refractivity contribution in [2.24, 2.45) is 0 Å². The summed E-state index contributed by atoms with van der Waals surface area (Å²) in [5, 5.41) is 0. The van der Waals surface area contributed by atoms with E-state index in [9.17, 15) is 0 Å². The van der Waals surface area contributed by atoms with Gasteiger partial charge < -0.3 is 4.90 Å². The Bertz CT molecular complexity index is 1830. The van der Waals surface area contributed by atoms with Gasteiger partial charge >= 0.3 is 0 Å². The summed E-state index contributed by atoms with van der Waals surface area (Å²) in [6.45, 7) is 16.0. The second-order valence-corrected chi connectivity index (χ2v) is 11.9. The monoisotopic (exact) mass is 735 g/mol. The van der Waals surface area contributed by atoms with Gasteiger partial charge in [0.1, 0.15) is 0 Å². The molecule has 56 heavy (non-hydrogen) atoms. The van der Waals surface area contributed by atoms with Crippen LogP contribution in [0.2, 0.25) is 0 Å². The lowest BCUT2D eigenvalue weighted by molar-refractivity contribution is 0.977. The highest BCUT2D eigenvalue weighted by molar-refractivity contribution is 5.78. The summed E-state index contributed by atoms with van der Waals surface area (Å²) < 4.78 is 0. The largest absolute Gasteiger partial charge is 0.311 e. The maximum atomic E-state index is 2.28. The van der Waals surface area contributed by atoms with Crippen LogP contribution in [0.25, 0.3) is 24.3 Å². The minimum atomic E-state index is 0.210. The van der Waals surface area contributed by atoms with Crippen LogP contribution in [-0.2, 0) is 0 Å². The minimum absolute atomic E-state index is 0.210. The molecule has 7 aromatic rings. The predicted octanol–water partition coefficient (Wildman–Crippen LogP) is 16.8. The van der Waals surface area contributed by atoms with Crippen LogP contribution in [-0.4, -0.2) is 0 Å². The zero-order valence-electron chi connectivity index (χ0n) is 34.8. The SMILES string of the molecule is C(=C\c1ccc(C(c2ccccc2)c2ccccc2)cc1)/c1ccc(/C=C/c2ccc(N(c3ccccc3)c3ccccc3)cc2)cc1.CC.CC.CC.CC. The Morgan fingerprint density at radius 1 is 0.268 bits per heavy atom. The fourth-order valence-electron chi connectivity index (χ4n) is 6.11. The Morgan fingerprint density at radius 3 is 0.821 bits per heavy atom. The van der Waals surface area contributed by atoms with Crippen molar-refractivity contribution >= 4 is 41.4 Å². The fourth-order valence-corrected chi connectivity index (χ4v) is 6.11. The molecule has 0 saturated heterocycles. The van der Waals surface area contributed by atoms with E-state index in [1.54, 1.807) is 0 Å². The second-order valence-electron chi connectivity index (χ2n) is 11.9. The molecule has 7 rings (SSSR count). The molecule has 1 heteroatoms. The van der Waals surface area contributed by atoms with E-state index in [1.807, 2.05) is 55.4 Å². The first-order chi connectivity index (χ1) is 27.8. The summed E-state index contributed by atoms with van der Waals surface area (Å²) in [7, 11) is 0. The highest BCUT2D eigenvalue weighted by atomic mass is 15.1. The van der Waals surface area contributed by atoms with Crippen LogP contribution in [0.3, 0.4) is 0 Å². The first-order valence-electron chi connectivity index (χ1n) is 20.5. The number of hydrogen-bond acceptors (Lipinski definition) is 1. The standard InChI is InChI=1S/C47H37N.4C2H6/c1-5-13-41(14-6-1)47(42-15-7-2-8-16-42)43-33-29-39(30-34-43)27-25-37-21-23-38(24-22-37)26-28-40-31-35-46(36-32-40)48(44-17-9-3-10-18-44)45-19-11-4-12-20-45;4*1-2/h1-36,47H;4*1-2H3/b27-25+,28-26+;;;;. The molecule has 0 aliphatic rings. The average Bonchev–Trinajstić information content (AvgIpc) is 3.30. The Hall–Kier alpha value is -6.18. The van der Waals surface area contributed by atoms with Crippen LogP contribution >= 0.6 is 0 Å². The molecular weight excluding hydrogens is 675 g/mol. The number of hydrogen-bond donors (Lipinski definition) is 0. The zero-order chi connectivity index (χ0) is 40.4. The quantitative estimate of drug-likeness (QED) is 0.0999. The van der Waals surface area contributed by atoms with Crippen LogP contribution in [0, 0.1) is 0 Å². The van der Waals surface area contributed by atoms with Gasteiger partial charge in [-0.25, -0.2) is 0 Å². The van der Waals surface area contributed by atoms with Crippen molar-refractivity contribution in [2.45, 2.75) is 61.3 Å². The highest BCUT2D eigenvalue weighted by Gasteiger charge is 2.16. The summed E-state index contributed by atoms with van der Waals surface area (Å²) in [6.07, 6.45) is 8.70. The lowest BCUT2D eigenvalue weighted by atomic mass is 9.85. The van der Waals surface area contributed by atoms with Crippen LogP contribution in [0.1, 0.15) is 100 Å². The maximum absolute atomic E-state index is 2.28. The van der Waals surface area contributed by atoms with E-state index >= 15 is 0 Å². The summed E-state index contributed by atoms with van der Waals surface area (Å²) in [6, 6.07) is 68.8. The molecule has 0 aromatic heterocycles. The molecule has 0 amide bonds. The number of anilines is 3. The maximum Gasteiger partial charge on any atom is 0.0462 e. The van der Waals surface area contributed by atoms with Gasteiger partial charge in [-0.15, -0.1) is 0 Å². The van der Waals surface area contributed by atoms with Gasteiger partial charge in [0.15, 0.2) is 0 Å². The third-order valence-corrected chi connectivity index (χ3v) is 8.59. The normalized spacial score (nSPS) is 10.2. The Kier molecular flexibility index (Phi) is 20.3. The van der Waals surface area contributed by atoms with Gasteiger partial charge in [-0.1, -0.05) is 237 Å². The second kappa shape index (κ2) is 25.8. The van der Waals surface area contributed by atoms with Crippen molar-refractivity contribution < 1.29 is 0 Å². The van der Waals surface area contributed by atoms with Gasteiger partial charge in [-0.3, -0.25) is 0 Å².